The van der Waals surface area contributed by atoms with Gasteiger partial charge in [0.2, 0.25) is 0 Å². The molecule has 17 heavy (non-hydrogen) atoms. The molecule has 0 aliphatic carbocycles. The average Bonchev–Trinajstić information content (AvgIpc) is 2.29. The Morgan fingerprint density at radius 2 is 2.00 bits per heavy atom. The van der Waals surface area contributed by atoms with Gasteiger partial charge in [-0.1, -0.05) is 23.4 Å². The van der Waals surface area contributed by atoms with Crippen LogP contribution in [0.3, 0.4) is 0 Å². The summed E-state index contributed by atoms with van der Waals surface area (Å²) in [6, 6.07) is 8.91. The summed E-state index contributed by atoms with van der Waals surface area (Å²) in [5.74, 6) is 0. The number of benzene rings is 1. The van der Waals surface area contributed by atoms with Crippen LogP contribution in [-0.2, 0) is 0 Å². The minimum Gasteiger partial charge on any atom is -0.411 e. The van der Waals surface area contributed by atoms with Crippen LogP contribution in [0, 0.1) is 0 Å². The van der Waals surface area contributed by atoms with E-state index in [4.69, 9.17) is 5.21 Å². The predicted molar refractivity (Wildman–Crippen MR) is 67.6 cm³/mol. The van der Waals surface area contributed by atoms with Crippen molar-refractivity contribution >= 4 is 17.9 Å². The standard InChI is InChI=1S/C12H17N3O2/c1-12(2,9-13-17)15(3)11(16)14-10-7-5-4-6-8-10/h4-9,17H,1-3H3,(H,14,16). The summed E-state index contributed by atoms with van der Waals surface area (Å²) in [6.45, 7) is 3.55. The molecular formula is C12H17N3O2. The second-order valence-corrected chi connectivity index (χ2v) is 4.25. The summed E-state index contributed by atoms with van der Waals surface area (Å²) in [6.07, 6.45) is 1.30. The molecule has 0 atom stereocenters. The molecule has 5 nitrogen and oxygen atoms in total. The van der Waals surface area contributed by atoms with Crippen LogP contribution < -0.4 is 5.32 Å². The summed E-state index contributed by atoms with van der Waals surface area (Å²) in [4.78, 5) is 13.4. The zero-order valence-corrected chi connectivity index (χ0v) is 10.2. The normalized spacial score (nSPS) is 11.5. The lowest BCUT2D eigenvalue weighted by Gasteiger charge is -2.31. The van der Waals surface area contributed by atoms with Crippen LogP contribution in [0.4, 0.5) is 10.5 Å². The van der Waals surface area contributed by atoms with Crippen LogP contribution in [0.1, 0.15) is 13.8 Å². The van der Waals surface area contributed by atoms with E-state index in [-0.39, 0.29) is 6.03 Å². The van der Waals surface area contributed by atoms with Crippen molar-refractivity contribution in [2.24, 2.45) is 5.16 Å². The van der Waals surface area contributed by atoms with Crippen LogP contribution in [0.5, 0.6) is 0 Å². The van der Waals surface area contributed by atoms with E-state index in [9.17, 15) is 4.79 Å². The summed E-state index contributed by atoms with van der Waals surface area (Å²) in [5, 5.41) is 14.3. The van der Waals surface area contributed by atoms with Crippen LogP contribution in [-0.4, -0.2) is 34.9 Å². The molecule has 1 aromatic rings. The molecule has 0 saturated heterocycles. The smallest absolute Gasteiger partial charge is 0.322 e. The van der Waals surface area contributed by atoms with Crippen LogP contribution in [0.25, 0.3) is 0 Å². The van der Waals surface area contributed by atoms with Gasteiger partial charge in [-0.3, -0.25) is 0 Å². The second kappa shape index (κ2) is 5.34. The number of amides is 2. The molecule has 92 valence electrons. The number of urea groups is 1. The molecule has 0 unspecified atom stereocenters. The van der Waals surface area contributed by atoms with Crippen molar-refractivity contribution in [3.8, 4) is 0 Å². The molecule has 5 heteroatoms. The Labute approximate surface area is 101 Å². The van der Waals surface area contributed by atoms with Gasteiger partial charge in [0.15, 0.2) is 0 Å². The van der Waals surface area contributed by atoms with Gasteiger partial charge in [0.1, 0.15) is 0 Å². The highest BCUT2D eigenvalue weighted by molar-refractivity contribution is 5.92. The molecule has 1 aromatic carbocycles. The van der Waals surface area contributed by atoms with Gasteiger partial charge in [0.25, 0.3) is 0 Å². The van der Waals surface area contributed by atoms with Gasteiger partial charge in [-0.2, -0.15) is 0 Å². The number of carbonyl (C=O) groups is 1. The van der Waals surface area contributed by atoms with E-state index in [0.29, 0.717) is 0 Å². The number of para-hydroxylation sites is 1. The van der Waals surface area contributed by atoms with Gasteiger partial charge in [-0.25, -0.2) is 4.79 Å². The van der Waals surface area contributed by atoms with Crippen molar-refractivity contribution in [3.05, 3.63) is 30.3 Å². The number of anilines is 1. The van der Waals surface area contributed by atoms with Gasteiger partial charge in [-0.15, -0.1) is 0 Å². The van der Waals surface area contributed by atoms with Gasteiger partial charge < -0.3 is 15.4 Å². The van der Waals surface area contributed by atoms with Crippen molar-refractivity contribution in [1.29, 1.82) is 0 Å². The topological polar surface area (TPSA) is 64.9 Å². The van der Waals surface area contributed by atoms with Crippen molar-refractivity contribution in [2.75, 3.05) is 12.4 Å². The summed E-state index contributed by atoms with van der Waals surface area (Å²) < 4.78 is 0. The minimum atomic E-state index is -0.659. The van der Waals surface area contributed by atoms with Crippen molar-refractivity contribution in [1.82, 2.24) is 4.90 Å². The lowest BCUT2D eigenvalue weighted by atomic mass is 10.1. The third-order valence-electron chi connectivity index (χ3n) is 2.57. The third kappa shape index (κ3) is 3.48. The molecule has 0 spiro atoms. The number of hydrogen-bond acceptors (Lipinski definition) is 3. The van der Waals surface area contributed by atoms with E-state index >= 15 is 0 Å². The first-order chi connectivity index (χ1) is 7.97. The number of carbonyl (C=O) groups excluding carboxylic acids is 1. The molecule has 0 fully saturated rings. The SMILES string of the molecule is CN(C(=O)Nc1ccccc1)C(C)(C)C=NO. The van der Waals surface area contributed by atoms with Gasteiger partial charge >= 0.3 is 6.03 Å². The summed E-state index contributed by atoms with van der Waals surface area (Å²) >= 11 is 0. The number of rotatable bonds is 3. The number of hydrogen-bond donors (Lipinski definition) is 2. The molecule has 0 aromatic heterocycles. The Morgan fingerprint density at radius 3 is 2.53 bits per heavy atom. The maximum atomic E-state index is 11.9. The Hall–Kier alpha value is -2.04. The Balaban J connectivity index is 2.71. The lowest BCUT2D eigenvalue weighted by Crippen LogP contribution is -2.48. The first-order valence-electron chi connectivity index (χ1n) is 5.26. The average molecular weight is 235 g/mol. The molecular weight excluding hydrogens is 218 g/mol. The number of nitrogens with zero attached hydrogens (tertiary/aromatic N) is 2. The van der Waals surface area contributed by atoms with Crippen LogP contribution in [0.2, 0.25) is 0 Å². The Kier molecular flexibility index (Phi) is 4.09. The molecule has 0 aliphatic rings. The van der Waals surface area contributed by atoms with Crippen LogP contribution >= 0.6 is 0 Å². The highest BCUT2D eigenvalue weighted by atomic mass is 16.4. The lowest BCUT2D eigenvalue weighted by molar-refractivity contribution is 0.197. The largest absolute Gasteiger partial charge is 0.411 e. The van der Waals surface area contributed by atoms with Crippen molar-refractivity contribution in [2.45, 2.75) is 19.4 Å². The highest BCUT2D eigenvalue weighted by Gasteiger charge is 2.26. The molecule has 0 saturated carbocycles. The van der Waals surface area contributed by atoms with Gasteiger partial charge in [0, 0.05) is 12.7 Å². The van der Waals surface area contributed by atoms with E-state index < -0.39 is 5.54 Å². The first kappa shape index (κ1) is 13.0. The molecule has 0 heterocycles. The monoisotopic (exact) mass is 235 g/mol. The van der Waals surface area contributed by atoms with Crippen LogP contribution in [0.15, 0.2) is 35.5 Å². The molecule has 0 bridgehead atoms. The summed E-state index contributed by atoms with van der Waals surface area (Å²) in [7, 11) is 1.64. The molecule has 0 radical (unpaired) electrons. The van der Waals surface area contributed by atoms with Gasteiger partial charge in [0.05, 0.1) is 11.8 Å². The van der Waals surface area contributed by atoms with Gasteiger partial charge in [-0.05, 0) is 26.0 Å². The maximum Gasteiger partial charge on any atom is 0.322 e. The Morgan fingerprint density at radius 1 is 1.41 bits per heavy atom. The van der Waals surface area contributed by atoms with E-state index in [0.717, 1.165) is 5.69 Å². The fourth-order valence-electron chi connectivity index (χ4n) is 1.22. The van der Waals surface area contributed by atoms with Crippen molar-refractivity contribution in [3.63, 3.8) is 0 Å². The Bertz CT molecular complexity index is 401. The van der Waals surface area contributed by atoms with E-state index in [1.165, 1.54) is 11.1 Å². The van der Waals surface area contributed by atoms with Crippen molar-refractivity contribution < 1.29 is 10.0 Å². The highest BCUT2D eigenvalue weighted by Crippen LogP contribution is 2.12. The quantitative estimate of drug-likeness (QED) is 0.480. The van der Waals surface area contributed by atoms with E-state index in [1.807, 2.05) is 18.2 Å². The molecule has 1 rings (SSSR count). The molecule has 2 amide bonds. The third-order valence-corrected chi connectivity index (χ3v) is 2.57. The van der Waals surface area contributed by atoms with E-state index in [1.54, 1.807) is 33.0 Å². The minimum absolute atomic E-state index is 0.263. The molecule has 2 N–H and O–H groups in total. The zero-order chi connectivity index (χ0) is 12.9. The van der Waals surface area contributed by atoms with E-state index in [2.05, 4.69) is 10.5 Å². The summed E-state index contributed by atoms with van der Waals surface area (Å²) in [5.41, 5.74) is 0.0641. The molecule has 0 aliphatic heterocycles. The number of nitrogens with one attached hydrogen (secondary N) is 1. The fourth-order valence-corrected chi connectivity index (χ4v) is 1.22. The number of oxime groups is 1. The second-order valence-electron chi connectivity index (χ2n) is 4.25. The maximum absolute atomic E-state index is 11.9. The fraction of sp³-hybridized carbons (Fsp3) is 0.333. The zero-order valence-electron chi connectivity index (χ0n) is 10.2. The predicted octanol–water partition coefficient (Wildman–Crippen LogP) is 2.39. The first-order valence-corrected chi connectivity index (χ1v) is 5.26.